The summed E-state index contributed by atoms with van der Waals surface area (Å²) in [5.74, 6) is -1.57. The molecular formula is C14H12HfO4. The van der Waals surface area contributed by atoms with E-state index in [-0.39, 0.29) is 43.1 Å². The number of allylic oxidation sites excluding steroid dienone is 2. The molecule has 5 heteroatoms. The fourth-order valence-corrected chi connectivity index (χ4v) is 1.77. The van der Waals surface area contributed by atoms with Crippen molar-refractivity contribution in [3.05, 3.63) is 59.2 Å². The average molecular weight is 423 g/mol. The van der Waals surface area contributed by atoms with Crippen molar-refractivity contribution in [2.24, 2.45) is 0 Å². The Bertz CT molecular complexity index is 549. The fraction of sp³-hybridized carbons (Fsp3) is 0.143. The molecule has 1 N–H and O–H groups in total. The smallest absolute Gasteiger partial charge is 0.339 e. The number of carbonyl (C=O) groups excluding carboxylic acids is 1. The second-order valence-corrected chi connectivity index (χ2v) is 3.92. The Morgan fingerprint density at radius 1 is 1.16 bits per heavy atom. The molecule has 1 aromatic rings. The van der Waals surface area contributed by atoms with Crippen LogP contribution in [0.3, 0.4) is 0 Å². The monoisotopic (exact) mass is 424 g/mol. The second kappa shape index (κ2) is 6.61. The van der Waals surface area contributed by atoms with Crippen molar-refractivity contribution < 1.29 is 45.3 Å². The van der Waals surface area contributed by atoms with Crippen LogP contribution in [0, 0.1) is 6.92 Å². The third kappa shape index (κ3) is 3.50. The molecule has 0 amide bonds. The van der Waals surface area contributed by atoms with Crippen LogP contribution in [0.5, 0.6) is 0 Å². The molecule has 0 saturated heterocycles. The molecule has 1 aliphatic rings. The van der Waals surface area contributed by atoms with Gasteiger partial charge in [0.25, 0.3) is 0 Å². The minimum atomic E-state index is -1.05. The third-order valence-electron chi connectivity index (χ3n) is 2.74. The number of esters is 1. The summed E-state index contributed by atoms with van der Waals surface area (Å²) in [7, 11) is 0. The van der Waals surface area contributed by atoms with Gasteiger partial charge in [0.15, 0.2) is 0 Å². The van der Waals surface area contributed by atoms with E-state index in [1.165, 1.54) is 12.1 Å². The van der Waals surface area contributed by atoms with Gasteiger partial charge < -0.3 is 9.84 Å². The van der Waals surface area contributed by atoms with Crippen LogP contribution < -0.4 is 0 Å². The van der Waals surface area contributed by atoms with Gasteiger partial charge in [-0.25, -0.2) is 9.59 Å². The van der Waals surface area contributed by atoms with E-state index in [1.807, 2.05) is 0 Å². The zero-order valence-corrected chi connectivity index (χ0v) is 13.9. The molecule has 1 aliphatic carbocycles. The SMILES string of the molecule is Cc1c(C(=O)O)cccc1C(=O)OC1C=CC=C1.[Hf]. The molecule has 2 rings (SSSR count). The van der Waals surface area contributed by atoms with Crippen molar-refractivity contribution in [2.45, 2.75) is 13.0 Å². The largest absolute Gasteiger partial charge is 0.478 e. The molecule has 0 radical (unpaired) electrons. The van der Waals surface area contributed by atoms with E-state index in [9.17, 15) is 9.59 Å². The van der Waals surface area contributed by atoms with E-state index in [0.29, 0.717) is 5.56 Å². The molecule has 0 bridgehead atoms. The van der Waals surface area contributed by atoms with Crippen LogP contribution in [0.4, 0.5) is 0 Å². The van der Waals surface area contributed by atoms with Gasteiger partial charge in [0.2, 0.25) is 0 Å². The van der Waals surface area contributed by atoms with E-state index in [4.69, 9.17) is 9.84 Å². The molecule has 0 atom stereocenters. The van der Waals surface area contributed by atoms with Gasteiger partial charge in [0, 0.05) is 25.8 Å². The summed E-state index contributed by atoms with van der Waals surface area (Å²) >= 11 is 0. The van der Waals surface area contributed by atoms with Crippen molar-refractivity contribution >= 4 is 11.9 Å². The Labute approximate surface area is 129 Å². The number of ether oxygens (including phenoxy) is 1. The summed E-state index contributed by atoms with van der Waals surface area (Å²) in [5.41, 5.74) is 0.812. The van der Waals surface area contributed by atoms with Crippen LogP contribution >= 0.6 is 0 Å². The zero-order chi connectivity index (χ0) is 13.1. The van der Waals surface area contributed by atoms with E-state index in [2.05, 4.69) is 0 Å². The number of carboxylic acids is 1. The molecule has 19 heavy (non-hydrogen) atoms. The van der Waals surface area contributed by atoms with Crippen molar-refractivity contribution in [3.8, 4) is 0 Å². The van der Waals surface area contributed by atoms with Crippen molar-refractivity contribution in [1.29, 1.82) is 0 Å². The predicted molar refractivity (Wildman–Crippen MR) is 65.6 cm³/mol. The van der Waals surface area contributed by atoms with Crippen LogP contribution in [0.2, 0.25) is 0 Å². The molecule has 96 valence electrons. The average Bonchev–Trinajstić information content (AvgIpc) is 2.81. The molecule has 4 nitrogen and oxygen atoms in total. The molecule has 0 unspecified atom stereocenters. The first-order valence-corrected chi connectivity index (χ1v) is 5.48. The van der Waals surface area contributed by atoms with Crippen molar-refractivity contribution in [2.75, 3.05) is 0 Å². The second-order valence-electron chi connectivity index (χ2n) is 3.92. The van der Waals surface area contributed by atoms with Gasteiger partial charge in [-0.1, -0.05) is 18.2 Å². The van der Waals surface area contributed by atoms with Crippen LogP contribution in [0.1, 0.15) is 26.3 Å². The van der Waals surface area contributed by atoms with Gasteiger partial charge in [-0.05, 0) is 36.8 Å². The molecule has 0 aliphatic heterocycles. The third-order valence-corrected chi connectivity index (χ3v) is 2.74. The zero-order valence-electron chi connectivity index (χ0n) is 10.3. The Balaban J connectivity index is 0.00000180. The molecule has 0 heterocycles. The number of rotatable bonds is 3. The molecule has 0 saturated carbocycles. The molecule has 0 fully saturated rings. The number of hydrogen-bond acceptors (Lipinski definition) is 3. The van der Waals surface area contributed by atoms with Crippen molar-refractivity contribution in [1.82, 2.24) is 0 Å². The topological polar surface area (TPSA) is 63.6 Å². The number of carbonyl (C=O) groups is 2. The van der Waals surface area contributed by atoms with Crippen LogP contribution in [0.15, 0.2) is 42.5 Å². The maximum Gasteiger partial charge on any atom is 0.339 e. The molecule has 0 aromatic heterocycles. The summed E-state index contributed by atoms with van der Waals surface area (Å²) < 4.78 is 5.21. The van der Waals surface area contributed by atoms with Gasteiger partial charge in [0.05, 0.1) is 11.1 Å². The Hall–Kier alpha value is -1.49. The summed E-state index contributed by atoms with van der Waals surface area (Å²) in [5, 5.41) is 8.98. The summed E-state index contributed by atoms with van der Waals surface area (Å²) in [6.45, 7) is 1.60. The van der Waals surface area contributed by atoms with E-state index in [0.717, 1.165) is 0 Å². The Kier molecular flexibility index (Phi) is 5.42. The first kappa shape index (κ1) is 15.6. The van der Waals surface area contributed by atoms with Gasteiger partial charge in [-0.2, -0.15) is 0 Å². The maximum atomic E-state index is 11.9. The van der Waals surface area contributed by atoms with Gasteiger partial charge in [-0.3, -0.25) is 0 Å². The van der Waals surface area contributed by atoms with Gasteiger partial charge in [-0.15, -0.1) is 0 Å². The fourth-order valence-electron chi connectivity index (χ4n) is 1.77. The van der Waals surface area contributed by atoms with Crippen LogP contribution in [-0.2, 0) is 30.6 Å². The predicted octanol–water partition coefficient (Wildman–Crippen LogP) is 2.34. The maximum absolute atomic E-state index is 11.9. The Morgan fingerprint density at radius 3 is 2.32 bits per heavy atom. The van der Waals surface area contributed by atoms with Gasteiger partial charge >= 0.3 is 11.9 Å². The van der Waals surface area contributed by atoms with Gasteiger partial charge in [0.1, 0.15) is 6.10 Å². The first-order valence-electron chi connectivity index (χ1n) is 5.48. The summed E-state index contributed by atoms with van der Waals surface area (Å²) in [6, 6.07) is 4.56. The van der Waals surface area contributed by atoms with Crippen LogP contribution in [-0.4, -0.2) is 23.1 Å². The quantitative estimate of drug-likeness (QED) is 0.600. The minimum Gasteiger partial charge on any atom is -0.478 e. The number of hydrogen-bond donors (Lipinski definition) is 1. The van der Waals surface area contributed by atoms with E-state index >= 15 is 0 Å². The normalized spacial score (nSPS) is 13.1. The minimum absolute atomic E-state index is 0. The number of aromatic carboxylic acids is 1. The number of benzene rings is 1. The molecule has 0 spiro atoms. The molecular weight excluding hydrogens is 411 g/mol. The summed E-state index contributed by atoms with van der Waals surface area (Å²) in [4.78, 5) is 22.9. The first-order chi connectivity index (χ1) is 8.59. The van der Waals surface area contributed by atoms with E-state index in [1.54, 1.807) is 37.3 Å². The van der Waals surface area contributed by atoms with E-state index < -0.39 is 11.9 Å². The van der Waals surface area contributed by atoms with Crippen molar-refractivity contribution in [3.63, 3.8) is 0 Å². The number of carboxylic acid groups (broad SMARTS) is 1. The Morgan fingerprint density at radius 2 is 1.74 bits per heavy atom. The van der Waals surface area contributed by atoms with Crippen LogP contribution in [0.25, 0.3) is 0 Å². The standard InChI is InChI=1S/C14H12O4.Hf/c1-9-11(13(15)16)7-4-8-12(9)14(17)18-10-5-2-3-6-10;/h2-8,10H,1H3,(H,15,16);. The molecule has 1 aromatic carbocycles. The summed E-state index contributed by atoms with van der Waals surface area (Å²) in [6.07, 6.45) is 6.70.